The molecule has 66 valence electrons. The number of nitrogens with two attached hydrogens (primary N) is 2. The fourth-order valence-corrected chi connectivity index (χ4v) is 1.96. The molecule has 0 fully saturated rings. The second-order valence-electron chi connectivity index (χ2n) is 2.45. The van der Waals surface area contributed by atoms with Crippen LogP contribution in [0.2, 0.25) is 0 Å². The Kier molecular flexibility index (Phi) is 1.63. The molecule has 0 bridgehead atoms. The Balaban J connectivity index is 2.83. The lowest BCUT2D eigenvalue weighted by atomic mass is 10.3. The molecule has 0 aliphatic carbocycles. The number of anilines is 1. The summed E-state index contributed by atoms with van der Waals surface area (Å²) in [5.74, 6) is -0.119. The molecule has 0 saturated heterocycles. The maximum Gasteiger partial charge on any atom is 0.251 e. The van der Waals surface area contributed by atoms with Crippen LogP contribution in [-0.4, -0.2) is 15.9 Å². The van der Waals surface area contributed by atoms with E-state index in [-0.39, 0.29) is 0 Å². The van der Waals surface area contributed by atoms with Crippen molar-refractivity contribution in [3.05, 3.63) is 17.3 Å². The molecule has 2 aromatic heterocycles. The van der Waals surface area contributed by atoms with Crippen molar-refractivity contribution in [2.45, 2.75) is 0 Å². The highest BCUT2D eigenvalue weighted by Crippen LogP contribution is 2.26. The Morgan fingerprint density at radius 1 is 1.46 bits per heavy atom. The number of thiophene rings is 1. The monoisotopic (exact) mass is 194 g/mol. The molecule has 4 N–H and O–H groups in total. The first-order valence-electron chi connectivity index (χ1n) is 3.47. The van der Waals surface area contributed by atoms with Gasteiger partial charge in [0.25, 0.3) is 5.91 Å². The fourth-order valence-electron chi connectivity index (χ4n) is 1.04. The molecule has 0 saturated carbocycles. The van der Waals surface area contributed by atoms with Crippen molar-refractivity contribution in [2.24, 2.45) is 5.73 Å². The lowest BCUT2D eigenvalue weighted by Crippen LogP contribution is -2.10. The summed E-state index contributed by atoms with van der Waals surface area (Å²) in [4.78, 5) is 18.7. The number of hydrogen-bond donors (Lipinski definition) is 2. The van der Waals surface area contributed by atoms with Gasteiger partial charge in [-0.2, -0.15) is 0 Å². The van der Waals surface area contributed by atoms with Crippen LogP contribution in [0.3, 0.4) is 0 Å². The number of carbonyl (C=O) groups is 1. The second kappa shape index (κ2) is 2.67. The molecule has 0 spiro atoms. The average Bonchev–Trinajstić information content (AvgIpc) is 2.48. The third-order valence-electron chi connectivity index (χ3n) is 1.65. The van der Waals surface area contributed by atoms with Crippen molar-refractivity contribution in [2.75, 3.05) is 5.73 Å². The molecule has 1 amide bonds. The lowest BCUT2D eigenvalue weighted by Gasteiger charge is -1.93. The van der Waals surface area contributed by atoms with Crippen LogP contribution < -0.4 is 11.5 Å². The molecule has 13 heavy (non-hydrogen) atoms. The predicted octanol–water partition coefficient (Wildman–Crippen LogP) is 0.372. The van der Waals surface area contributed by atoms with Gasteiger partial charge in [-0.25, -0.2) is 9.97 Å². The first kappa shape index (κ1) is 7.93. The van der Waals surface area contributed by atoms with E-state index < -0.39 is 5.91 Å². The molecule has 5 nitrogen and oxygen atoms in total. The summed E-state index contributed by atoms with van der Waals surface area (Å²) in [5, 5.41) is 1.64. The van der Waals surface area contributed by atoms with Crippen LogP contribution >= 0.6 is 11.3 Å². The van der Waals surface area contributed by atoms with E-state index in [1.807, 2.05) is 0 Å². The zero-order valence-electron chi connectivity index (χ0n) is 6.52. The van der Waals surface area contributed by atoms with Gasteiger partial charge in [0, 0.05) is 5.38 Å². The Morgan fingerprint density at radius 3 is 2.92 bits per heavy atom. The second-order valence-corrected chi connectivity index (χ2v) is 3.33. The van der Waals surface area contributed by atoms with Gasteiger partial charge >= 0.3 is 0 Å². The van der Waals surface area contributed by atoms with Crippen molar-refractivity contribution in [1.29, 1.82) is 0 Å². The van der Waals surface area contributed by atoms with Gasteiger partial charge in [0.05, 0.1) is 15.8 Å². The molecule has 2 heterocycles. The summed E-state index contributed by atoms with van der Waals surface area (Å²) in [6.45, 7) is 0. The summed E-state index contributed by atoms with van der Waals surface area (Å²) in [6, 6.07) is 0. The smallest absolute Gasteiger partial charge is 0.251 e. The summed E-state index contributed by atoms with van der Waals surface area (Å²) in [5.41, 5.74) is 11.6. The lowest BCUT2D eigenvalue weighted by molar-refractivity contribution is 0.100. The molecule has 0 aromatic carbocycles. The standard InChI is InChI=1S/C7H6N4OS/c8-6-5-4(10-2-11-6)3(1-13-5)7(9)12/h1-2H,(H2,9,12)(H2,8,10,11). The number of amides is 1. The SMILES string of the molecule is NC(=O)c1csc2c(N)ncnc12. The number of nitrogens with zero attached hydrogens (tertiary/aromatic N) is 2. The summed E-state index contributed by atoms with van der Waals surface area (Å²) >= 11 is 1.32. The largest absolute Gasteiger partial charge is 0.382 e. The van der Waals surface area contributed by atoms with Crippen LogP contribution in [0.1, 0.15) is 10.4 Å². The third-order valence-corrected chi connectivity index (χ3v) is 2.64. The zero-order valence-corrected chi connectivity index (χ0v) is 7.34. The minimum absolute atomic E-state index is 0.377. The average molecular weight is 194 g/mol. The number of aromatic nitrogens is 2. The van der Waals surface area contributed by atoms with Gasteiger partial charge in [0.1, 0.15) is 12.1 Å². The van der Waals surface area contributed by atoms with Crippen molar-refractivity contribution < 1.29 is 4.79 Å². The van der Waals surface area contributed by atoms with Crippen LogP contribution in [0, 0.1) is 0 Å². The number of nitrogen functional groups attached to an aromatic ring is 1. The van der Waals surface area contributed by atoms with E-state index in [0.717, 1.165) is 0 Å². The third kappa shape index (κ3) is 1.11. The Bertz CT molecular complexity index is 478. The van der Waals surface area contributed by atoms with Gasteiger partial charge in [-0.15, -0.1) is 11.3 Å². The maximum absolute atomic E-state index is 10.9. The number of carbonyl (C=O) groups excluding carboxylic acids is 1. The van der Waals surface area contributed by atoms with E-state index in [4.69, 9.17) is 11.5 Å². The predicted molar refractivity (Wildman–Crippen MR) is 50.3 cm³/mol. The molecule has 0 atom stereocenters. The normalized spacial score (nSPS) is 10.5. The number of hydrogen-bond acceptors (Lipinski definition) is 5. The first-order valence-corrected chi connectivity index (χ1v) is 4.35. The highest BCUT2D eigenvalue weighted by molar-refractivity contribution is 7.18. The summed E-state index contributed by atoms with van der Waals surface area (Å²) in [7, 11) is 0. The summed E-state index contributed by atoms with van der Waals surface area (Å²) in [6.07, 6.45) is 1.32. The number of rotatable bonds is 1. The van der Waals surface area contributed by atoms with Gasteiger partial charge < -0.3 is 11.5 Å². The van der Waals surface area contributed by atoms with Gasteiger partial charge in [-0.05, 0) is 0 Å². The Morgan fingerprint density at radius 2 is 2.23 bits per heavy atom. The molecule has 0 radical (unpaired) electrons. The summed E-state index contributed by atoms with van der Waals surface area (Å²) < 4.78 is 0.705. The first-order chi connectivity index (χ1) is 6.20. The van der Waals surface area contributed by atoms with Crippen LogP contribution in [0.15, 0.2) is 11.7 Å². The number of fused-ring (bicyclic) bond motifs is 1. The molecule has 0 unspecified atom stereocenters. The minimum Gasteiger partial charge on any atom is -0.382 e. The van der Waals surface area contributed by atoms with Crippen LogP contribution in [0.5, 0.6) is 0 Å². The van der Waals surface area contributed by atoms with Gasteiger partial charge in [-0.1, -0.05) is 0 Å². The quantitative estimate of drug-likeness (QED) is 0.685. The Hall–Kier alpha value is -1.69. The van der Waals surface area contributed by atoms with Crippen molar-refractivity contribution in [3.63, 3.8) is 0 Å². The topological polar surface area (TPSA) is 94.9 Å². The van der Waals surface area contributed by atoms with E-state index >= 15 is 0 Å². The van der Waals surface area contributed by atoms with Crippen molar-refractivity contribution in [3.8, 4) is 0 Å². The highest BCUT2D eigenvalue weighted by Gasteiger charge is 2.11. The molecular formula is C7H6N4OS. The molecule has 2 aromatic rings. The van der Waals surface area contributed by atoms with Crippen LogP contribution in [-0.2, 0) is 0 Å². The van der Waals surface area contributed by atoms with Crippen LogP contribution in [0.4, 0.5) is 5.82 Å². The molecule has 0 aliphatic rings. The minimum atomic E-state index is -0.496. The van der Waals surface area contributed by atoms with Crippen molar-refractivity contribution in [1.82, 2.24) is 9.97 Å². The van der Waals surface area contributed by atoms with Crippen LogP contribution in [0.25, 0.3) is 10.2 Å². The zero-order chi connectivity index (χ0) is 9.42. The van der Waals surface area contributed by atoms with Gasteiger partial charge in [0.15, 0.2) is 0 Å². The Labute approximate surface area is 77.4 Å². The van der Waals surface area contributed by atoms with E-state index in [1.54, 1.807) is 5.38 Å². The van der Waals surface area contributed by atoms with E-state index in [1.165, 1.54) is 17.7 Å². The molecule has 2 rings (SSSR count). The highest BCUT2D eigenvalue weighted by atomic mass is 32.1. The van der Waals surface area contributed by atoms with E-state index in [0.29, 0.717) is 21.6 Å². The fraction of sp³-hybridized carbons (Fsp3) is 0. The number of primary amides is 1. The maximum atomic E-state index is 10.9. The molecule has 6 heteroatoms. The van der Waals surface area contributed by atoms with Crippen molar-refractivity contribution >= 4 is 33.3 Å². The molecule has 0 aliphatic heterocycles. The van der Waals surface area contributed by atoms with E-state index in [9.17, 15) is 4.79 Å². The van der Waals surface area contributed by atoms with Gasteiger partial charge in [-0.3, -0.25) is 4.79 Å². The van der Waals surface area contributed by atoms with Gasteiger partial charge in [0.2, 0.25) is 0 Å². The van der Waals surface area contributed by atoms with E-state index in [2.05, 4.69) is 9.97 Å². The molecular weight excluding hydrogens is 188 g/mol.